The molecule has 0 radical (unpaired) electrons. The van der Waals surface area contributed by atoms with E-state index in [1.807, 2.05) is 31.3 Å². The van der Waals surface area contributed by atoms with Crippen LogP contribution in [0.25, 0.3) is 5.65 Å². The van der Waals surface area contributed by atoms with Crippen molar-refractivity contribution in [1.29, 1.82) is 0 Å². The standard InChI is InChI=1S/C15H18N6O/c1-11-13(19-22-18-11)10-20-7-4-5-12(9-20)15-17-16-14-6-2-3-8-21(14)15/h2-3,6,8,12H,4-5,7,9-10H2,1H3. The summed E-state index contributed by atoms with van der Waals surface area (Å²) in [5.74, 6) is 1.45. The molecule has 22 heavy (non-hydrogen) atoms. The molecule has 7 nitrogen and oxygen atoms in total. The first kappa shape index (κ1) is 13.4. The average molecular weight is 298 g/mol. The van der Waals surface area contributed by atoms with Crippen LogP contribution in [0.3, 0.4) is 0 Å². The van der Waals surface area contributed by atoms with Gasteiger partial charge in [0.2, 0.25) is 0 Å². The average Bonchev–Trinajstić information content (AvgIpc) is 3.14. The Kier molecular flexibility index (Phi) is 3.34. The quantitative estimate of drug-likeness (QED) is 0.734. The summed E-state index contributed by atoms with van der Waals surface area (Å²) in [4.78, 5) is 2.39. The van der Waals surface area contributed by atoms with Gasteiger partial charge in [0.05, 0.1) is 0 Å². The maximum atomic E-state index is 4.79. The number of pyridine rings is 1. The molecule has 1 unspecified atom stereocenters. The number of aryl methyl sites for hydroxylation is 1. The van der Waals surface area contributed by atoms with Gasteiger partial charge in [-0.15, -0.1) is 10.2 Å². The van der Waals surface area contributed by atoms with Gasteiger partial charge in [-0.3, -0.25) is 9.30 Å². The van der Waals surface area contributed by atoms with Gasteiger partial charge in [0.1, 0.15) is 17.2 Å². The van der Waals surface area contributed by atoms with Crippen molar-refractivity contribution in [1.82, 2.24) is 29.8 Å². The SMILES string of the molecule is Cc1nonc1CN1CCCC(c2nnc3ccccn23)C1. The molecular formula is C15H18N6O. The fourth-order valence-electron chi connectivity index (χ4n) is 3.15. The van der Waals surface area contributed by atoms with Crippen molar-refractivity contribution >= 4 is 5.65 Å². The fourth-order valence-corrected chi connectivity index (χ4v) is 3.15. The van der Waals surface area contributed by atoms with Gasteiger partial charge in [0, 0.05) is 25.2 Å². The van der Waals surface area contributed by atoms with Crippen LogP contribution < -0.4 is 0 Å². The van der Waals surface area contributed by atoms with Crippen LogP contribution in [0.1, 0.15) is 36.0 Å². The van der Waals surface area contributed by atoms with Crippen molar-refractivity contribution in [3.05, 3.63) is 41.6 Å². The molecule has 0 N–H and O–H groups in total. The highest BCUT2D eigenvalue weighted by molar-refractivity contribution is 5.37. The summed E-state index contributed by atoms with van der Waals surface area (Å²) in [6.07, 6.45) is 4.33. The Morgan fingerprint density at radius 1 is 1.27 bits per heavy atom. The molecule has 3 aromatic rings. The van der Waals surface area contributed by atoms with E-state index >= 15 is 0 Å². The number of hydrogen-bond acceptors (Lipinski definition) is 6. The normalized spacial score (nSPS) is 19.8. The van der Waals surface area contributed by atoms with Gasteiger partial charge in [-0.05, 0) is 38.4 Å². The zero-order valence-electron chi connectivity index (χ0n) is 12.5. The zero-order valence-corrected chi connectivity index (χ0v) is 12.5. The van der Waals surface area contributed by atoms with Gasteiger partial charge in [0.25, 0.3) is 0 Å². The van der Waals surface area contributed by atoms with E-state index in [0.717, 1.165) is 55.3 Å². The van der Waals surface area contributed by atoms with Gasteiger partial charge in [0.15, 0.2) is 5.65 Å². The molecule has 0 aliphatic carbocycles. The van der Waals surface area contributed by atoms with E-state index in [0.29, 0.717) is 5.92 Å². The molecule has 1 aliphatic rings. The molecule has 4 rings (SSSR count). The number of aromatic nitrogens is 5. The van der Waals surface area contributed by atoms with Crippen LogP contribution in [0.5, 0.6) is 0 Å². The molecule has 0 saturated carbocycles. The first-order valence-corrected chi connectivity index (χ1v) is 7.61. The third kappa shape index (κ3) is 2.37. The lowest BCUT2D eigenvalue weighted by Gasteiger charge is -2.31. The van der Waals surface area contributed by atoms with Crippen LogP contribution in [0.2, 0.25) is 0 Å². The summed E-state index contributed by atoms with van der Waals surface area (Å²) in [5.41, 5.74) is 2.70. The van der Waals surface area contributed by atoms with Crippen LogP contribution in [-0.4, -0.2) is 42.9 Å². The second-order valence-corrected chi connectivity index (χ2v) is 5.86. The largest absolute Gasteiger partial charge is 0.297 e. The number of rotatable bonds is 3. The second kappa shape index (κ2) is 5.49. The van der Waals surface area contributed by atoms with Crippen molar-refractivity contribution in [2.75, 3.05) is 13.1 Å². The summed E-state index contributed by atoms with van der Waals surface area (Å²) in [6, 6.07) is 5.99. The van der Waals surface area contributed by atoms with Gasteiger partial charge < -0.3 is 0 Å². The van der Waals surface area contributed by atoms with Gasteiger partial charge in [-0.2, -0.15) is 0 Å². The highest BCUT2D eigenvalue weighted by Gasteiger charge is 2.26. The lowest BCUT2D eigenvalue weighted by atomic mass is 9.97. The number of hydrogen-bond donors (Lipinski definition) is 0. The number of fused-ring (bicyclic) bond motifs is 1. The smallest absolute Gasteiger partial charge is 0.160 e. The van der Waals surface area contributed by atoms with Crippen LogP contribution in [-0.2, 0) is 6.54 Å². The first-order valence-electron chi connectivity index (χ1n) is 7.61. The molecule has 1 fully saturated rings. The second-order valence-electron chi connectivity index (χ2n) is 5.86. The molecular weight excluding hydrogens is 280 g/mol. The van der Waals surface area contributed by atoms with Crippen molar-refractivity contribution < 1.29 is 4.63 Å². The summed E-state index contributed by atoms with van der Waals surface area (Å²) >= 11 is 0. The lowest BCUT2D eigenvalue weighted by Crippen LogP contribution is -2.34. The van der Waals surface area contributed by atoms with E-state index in [9.17, 15) is 0 Å². The summed E-state index contributed by atoms with van der Waals surface area (Å²) in [7, 11) is 0. The van der Waals surface area contributed by atoms with Gasteiger partial charge in [-0.1, -0.05) is 16.4 Å². The maximum absolute atomic E-state index is 4.79. The Hall–Kier alpha value is -2.28. The van der Waals surface area contributed by atoms with Crippen molar-refractivity contribution in [3.63, 3.8) is 0 Å². The third-order valence-corrected chi connectivity index (χ3v) is 4.33. The molecule has 1 atom stereocenters. The number of nitrogens with zero attached hydrogens (tertiary/aromatic N) is 6. The Bertz CT molecular complexity index is 779. The molecule has 1 aliphatic heterocycles. The Morgan fingerprint density at radius 2 is 2.23 bits per heavy atom. The molecule has 1 saturated heterocycles. The molecule has 0 spiro atoms. The molecule has 4 heterocycles. The van der Waals surface area contributed by atoms with Crippen LogP contribution in [0.4, 0.5) is 0 Å². The predicted octanol–water partition coefficient (Wildman–Crippen LogP) is 1.80. The molecule has 0 aromatic carbocycles. The highest BCUT2D eigenvalue weighted by Crippen LogP contribution is 2.27. The Balaban J connectivity index is 1.54. The zero-order chi connectivity index (χ0) is 14.9. The van der Waals surface area contributed by atoms with Crippen LogP contribution in [0.15, 0.2) is 29.0 Å². The first-order chi connectivity index (χ1) is 10.8. The van der Waals surface area contributed by atoms with Crippen molar-refractivity contribution in [2.45, 2.75) is 32.2 Å². The third-order valence-electron chi connectivity index (χ3n) is 4.33. The maximum Gasteiger partial charge on any atom is 0.160 e. The fraction of sp³-hybridized carbons (Fsp3) is 0.467. The molecule has 114 valence electrons. The van der Waals surface area contributed by atoms with E-state index in [2.05, 4.69) is 29.8 Å². The van der Waals surface area contributed by atoms with Gasteiger partial charge >= 0.3 is 0 Å². The summed E-state index contributed by atoms with van der Waals surface area (Å²) in [6.45, 7) is 4.74. The van der Waals surface area contributed by atoms with Crippen LogP contribution >= 0.6 is 0 Å². The van der Waals surface area contributed by atoms with E-state index < -0.39 is 0 Å². The van der Waals surface area contributed by atoms with E-state index in [1.165, 1.54) is 0 Å². The highest BCUT2D eigenvalue weighted by atomic mass is 16.6. The van der Waals surface area contributed by atoms with E-state index in [4.69, 9.17) is 4.63 Å². The Labute approximate surface area is 127 Å². The van der Waals surface area contributed by atoms with Crippen LogP contribution in [0, 0.1) is 6.92 Å². The topological polar surface area (TPSA) is 72.3 Å². The van der Waals surface area contributed by atoms with E-state index in [1.54, 1.807) is 0 Å². The van der Waals surface area contributed by atoms with Crippen molar-refractivity contribution in [3.8, 4) is 0 Å². The molecule has 7 heteroatoms. The molecule has 0 amide bonds. The monoisotopic (exact) mass is 298 g/mol. The number of likely N-dealkylation sites (tertiary alicyclic amines) is 1. The van der Waals surface area contributed by atoms with Gasteiger partial charge in [-0.25, -0.2) is 4.63 Å². The minimum absolute atomic E-state index is 0.395. The summed E-state index contributed by atoms with van der Waals surface area (Å²) < 4.78 is 6.88. The number of piperidine rings is 1. The minimum Gasteiger partial charge on any atom is -0.297 e. The van der Waals surface area contributed by atoms with Crippen molar-refractivity contribution in [2.24, 2.45) is 0 Å². The Morgan fingerprint density at radius 3 is 3.09 bits per heavy atom. The molecule has 3 aromatic heterocycles. The van der Waals surface area contributed by atoms with E-state index in [-0.39, 0.29) is 0 Å². The molecule has 0 bridgehead atoms. The minimum atomic E-state index is 0.395. The predicted molar refractivity (Wildman–Crippen MR) is 79.3 cm³/mol. The summed E-state index contributed by atoms with van der Waals surface area (Å²) in [5, 5.41) is 16.5. The lowest BCUT2D eigenvalue weighted by molar-refractivity contribution is 0.190.